The number of hydrogen-bond donors (Lipinski definition) is 2. The Hall–Kier alpha value is -1.36. The lowest BCUT2D eigenvalue weighted by atomic mass is 10.1. The van der Waals surface area contributed by atoms with Gasteiger partial charge < -0.3 is 15.2 Å². The summed E-state index contributed by atoms with van der Waals surface area (Å²) in [6.45, 7) is 5.64. The lowest BCUT2D eigenvalue weighted by molar-refractivity contribution is -0.121. The Bertz CT molecular complexity index is 401. The number of nitrogens with one attached hydrogen (secondary N) is 2. The molecule has 0 spiro atoms. The lowest BCUT2D eigenvalue weighted by Gasteiger charge is -2.10. The number of aryl methyl sites for hydroxylation is 2. The van der Waals surface area contributed by atoms with Crippen LogP contribution in [0.15, 0.2) is 4.52 Å². The van der Waals surface area contributed by atoms with Crippen molar-refractivity contribution in [1.82, 2.24) is 15.8 Å². The van der Waals surface area contributed by atoms with Crippen LogP contribution in [-0.2, 0) is 24.2 Å². The maximum absolute atomic E-state index is 11.9. The molecule has 19 heavy (non-hydrogen) atoms. The fourth-order valence-electron chi connectivity index (χ4n) is 2.55. The first-order valence-electron chi connectivity index (χ1n) is 7.21. The summed E-state index contributed by atoms with van der Waals surface area (Å²) in [6.07, 6.45) is 4.47. The molecule has 5 heteroatoms. The van der Waals surface area contributed by atoms with E-state index < -0.39 is 0 Å². The lowest BCUT2D eigenvalue weighted by Crippen LogP contribution is -2.31. The first-order valence-corrected chi connectivity index (χ1v) is 7.21. The molecular weight excluding hydrogens is 242 g/mol. The Labute approximate surface area is 114 Å². The predicted molar refractivity (Wildman–Crippen MR) is 72.7 cm³/mol. The highest BCUT2D eigenvalue weighted by molar-refractivity contribution is 5.76. The van der Waals surface area contributed by atoms with Crippen LogP contribution in [0.2, 0.25) is 0 Å². The van der Waals surface area contributed by atoms with E-state index in [1.807, 2.05) is 13.8 Å². The van der Waals surface area contributed by atoms with Gasteiger partial charge in [0.05, 0.1) is 5.69 Å². The van der Waals surface area contributed by atoms with Gasteiger partial charge in [0.25, 0.3) is 0 Å². The number of carbonyl (C=O) groups is 1. The molecule has 1 fully saturated rings. The monoisotopic (exact) mass is 265 g/mol. The molecule has 0 saturated carbocycles. The standard InChI is InChI=1S/C14H23N3O2/c1-3-12-11(13(4-2)19-17-12)9-16-14(18)8-10-6-5-7-15-10/h10,15H,3-9H2,1-2H3,(H,16,18). The molecule has 1 amide bonds. The van der Waals surface area contributed by atoms with E-state index in [4.69, 9.17) is 4.52 Å². The topological polar surface area (TPSA) is 67.2 Å². The van der Waals surface area contributed by atoms with Crippen molar-refractivity contribution >= 4 is 5.91 Å². The number of amides is 1. The SMILES string of the molecule is CCc1noc(CC)c1CNC(=O)CC1CCCN1. The molecule has 1 aliphatic rings. The third-order valence-electron chi connectivity index (χ3n) is 3.66. The minimum atomic E-state index is 0.102. The van der Waals surface area contributed by atoms with Crippen LogP contribution in [0, 0.1) is 0 Å². The zero-order valence-corrected chi connectivity index (χ0v) is 11.8. The third-order valence-corrected chi connectivity index (χ3v) is 3.66. The van der Waals surface area contributed by atoms with Crippen LogP contribution in [0.5, 0.6) is 0 Å². The van der Waals surface area contributed by atoms with Crippen molar-refractivity contribution in [2.24, 2.45) is 0 Å². The van der Waals surface area contributed by atoms with E-state index >= 15 is 0 Å². The van der Waals surface area contributed by atoms with Crippen LogP contribution in [0.4, 0.5) is 0 Å². The first-order chi connectivity index (χ1) is 9.24. The highest BCUT2D eigenvalue weighted by Crippen LogP contribution is 2.15. The van der Waals surface area contributed by atoms with E-state index in [0.29, 0.717) is 19.0 Å². The first kappa shape index (κ1) is 14.1. The van der Waals surface area contributed by atoms with Crippen molar-refractivity contribution in [1.29, 1.82) is 0 Å². The molecule has 1 unspecified atom stereocenters. The minimum absolute atomic E-state index is 0.102. The summed E-state index contributed by atoms with van der Waals surface area (Å²) in [5.41, 5.74) is 2.01. The zero-order valence-electron chi connectivity index (χ0n) is 11.8. The largest absolute Gasteiger partial charge is 0.361 e. The van der Waals surface area contributed by atoms with E-state index in [1.54, 1.807) is 0 Å². The average molecular weight is 265 g/mol. The van der Waals surface area contributed by atoms with Gasteiger partial charge >= 0.3 is 0 Å². The fourth-order valence-corrected chi connectivity index (χ4v) is 2.55. The van der Waals surface area contributed by atoms with Crippen LogP contribution in [0.3, 0.4) is 0 Å². The summed E-state index contributed by atoms with van der Waals surface area (Å²) < 4.78 is 5.29. The van der Waals surface area contributed by atoms with Crippen molar-refractivity contribution < 1.29 is 9.32 Å². The average Bonchev–Trinajstić information content (AvgIpc) is 3.04. The number of hydrogen-bond acceptors (Lipinski definition) is 4. The Morgan fingerprint density at radius 3 is 2.95 bits per heavy atom. The number of rotatable bonds is 6. The van der Waals surface area contributed by atoms with E-state index in [-0.39, 0.29) is 5.91 Å². The van der Waals surface area contributed by atoms with Gasteiger partial charge in [-0.2, -0.15) is 0 Å². The fraction of sp³-hybridized carbons (Fsp3) is 0.714. The maximum Gasteiger partial charge on any atom is 0.221 e. The number of aromatic nitrogens is 1. The van der Waals surface area contributed by atoms with Gasteiger partial charge in [-0.1, -0.05) is 19.0 Å². The van der Waals surface area contributed by atoms with E-state index in [9.17, 15) is 4.79 Å². The van der Waals surface area contributed by atoms with Crippen LogP contribution in [0.25, 0.3) is 0 Å². The summed E-state index contributed by atoms with van der Waals surface area (Å²) in [5, 5.41) is 10.4. The summed E-state index contributed by atoms with van der Waals surface area (Å²) >= 11 is 0. The molecule has 0 bridgehead atoms. The van der Waals surface area contributed by atoms with Crippen LogP contribution in [0.1, 0.15) is 50.1 Å². The second-order valence-corrected chi connectivity index (χ2v) is 5.01. The molecule has 1 atom stereocenters. The van der Waals surface area contributed by atoms with Crippen LogP contribution in [-0.4, -0.2) is 23.7 Å². The van der Waals surface area contributed by atoms with Gasteiger partial charge in [-0.15, -0.1) is 0 Å². The highest BCUT2D eigenvalue weighted by Gasteiger charge is 2.19. The predicted octanol–water partition coefficient (Wildman–Crippen LogP) is 1.56. The molecule has 1 aliphatic heterocycles. The van der Waals surface area contributed by atoms with E-state index in [1.165, 1.54) is 6.42 Å². The number of nitrogens with zero attached hydrogens (tertiary/aromatic N) is 1. The summed E-state index contributed by atoms with van der Waals surface area (Å²) in [5.74, 6) is 0.987. The van der Waals surface area contributed by atoms with Gasteiger partial charge in [0.15, 0.2) is 0 Å². The van der Waals surface area contributed by atoms with Crippen LogP contribution >= 0.6 is 0 Å². The van der Waals surface area contributed by atoms with Crippen molar-refractivity contribution in [2.45, 2.75) is 58.5 Å². The minimum Gasteiger partial charge on any atom is -0.361 e. The molecule has 2 heterocycles. The van der Waals surface area contributed by atoms with Gasteiger partial charge in [0.1, 0.15) is 5.76 Å². The maximum atomic E-state index is 11.9. The Morgan fingerprint density at radius 2 is 2.32 bits per heavy atom. The summed E-state index contributed by atoms with van der Waals surface area (Å²) in [4.78, 5) is 11.9. The highest BCUT2D eigenvalue weighted by atomic mass is 16.5. The van der Waals surface area contributed by atoms with Gasteiger partial charge in [-0.05, 0) is 25.8 Å². The molecule has 1 saturated heterocycles. The molecule has 1 aromatic rings. The molecule has 2 rings (SSSR count). The normalized spacial score (nSPS) is 18.7. The third kappa shape index (κ3) is 3.56. The van der Waals surface area contributed by atoms with Crippen molar-refractivity contribution in [3.05, 3.63) is 17.0 Å². The van der Waals surface area contributed by atoms with Crippen molar-refractivity contribution in [3.8, 4) is 0 Å². The summed E-state index contributed by atoms with van der Waals surface area (Å²) in [6, 6.07) is 0.346. The van der Waals surface area contributed by atoms with E-state index in [2.05, 4.69) is 15.8 Å². The van der Waals surface area contributed by atoms with Gasteiger partial charge in [-0.3, -0.25) is 4.79 Å². The summed E-state index contributed by atoms with van der Waals surface area (Å²) in [7, 11) is 0. The Kier molecular flexibility index (Phi) is 4.96. The molecule has 2 N–H and O–H groups in total. The van der Waals surface area contributed by atoms with Gasteiger partial charge in [0.2, 0.25) is 5.91 Å². The molecule has 106 valence electrons. The second kappa shape index (κ2) is 6.70. The Morgan fingerprint density at radius 1 is 1.47 bits per heavy atom. The van der Waals surface area contributed by atoms with E-state index in [0.717, 1.165) is 42.8 Å². The van der Waals surface area contributed by atoms with Gasteiger partial charge in [0, 0.05) is 31.0 Å². The molecule has 0 aliphatic carbocycles. The van der Waals surface area contributed by atoms with Crippen molar-refractivity contribution in [3.63, 3.8) is 0 Å². The van der Waals surface area contributed by atoms with Gasteiger partial charge in [-0.25, -0.2) is 0 Å². The molecule has 0 radical (unpaired) electrons. The van der Waals surface area contributed by atoms with Crippen LogP contribution < -0.4 is 10.6 Å². The smallest absolute Gasteiger partial charge is 0.221 e. The molecular formula is C14H23N3O2. The molecule has 1 aromatic heterocycles. The second-order valence-electron chi connectivity index (χ2n) is 5.01. The number of carbonyl (C=O) groups excluding carboxylic acids is 1. The zero-order chi connectivity index (χ0) is 13.7. The Balaban J connectivity index is 1.87. The molecule has 5 nitrogen and oxygen atoms in total. The molecule has 0 aromatic carbocycles. The van der Waals surface area contributed by atoms with Crippen molar-refractivity contribution in [2.75, 3.05) is 6.54 Å². The quantitative estimate of drug-likeness (QED) is 0.819.